The molecule has 0 amide bonds. The Morgan fingerprint density at radius 2 is 1.30 bits per heavy atom. The van der Waals surface area contributed by atoms with Crippen LogP contribution in [0.3, 0.4) is 0 Å². The first-order valence-corrected chi connectivity index (χ1v) is 16.7. The van der Waals surface area contributed by atoms with Crippen molar-refractivity contribution in [1.82, 2.24) is 14.5 Å². The molecule has 4 heteroatoms. The van der Waals surface area contributed by atoms with Gasteiger partial charge < -0.3 is 0 Å². The van der Waals surface area contributed by atoms with Gasteiger partial charge in [0.05, 0.1) is 22.1 Å². The van der Waals surface area contributed by atoms with E-state index < -0.39 is 5.41 Å². The number of pyridine rings is 1. The zero-order valence-corrected chi connectivity index (χ0v) is 26.2. The number of hydrogen-bond acceptors (Lipinski definition) is 3. The molecule has 0 saturated heterocycles. The third kappa shape index (κ3) is 3.67. The Hall–Kier alpha value is -5.84. The van der Waals surface area contributed by atoms with E-state index in [0.29, 0.717) is 0 Å². The van der Waals surface area contributed by atoms with Gasteiger partial charge in [-0.3, -0.25) is 9.55 Å². The molecule has 0 bridgehead atoms. The molecule has 1 aliphatic rings. The van der Waals surface area contributed by atoms with Crippen LogP contribution >= 0.6 is 11.3 Å². The highest BCUT2D eigenvalue weighted by Gasteiger charge is 2.45. The molecule has 0 aliphatic carbocycles. The second kappa shape index (κ2) is 10.1. The number of thiophene rings is 1. The van der Waals surface area contributed by atoms with Crippen LogP contribution in [0.2, 0.25) is 0 Å². The van der Waals surface area contributed by atoms with Crippen molar-refractivity contribution in [1.29, 1.82) is 0 Å². The topological polar surface area (TPSA) is 30.7 Å². The number of hydrogen-bond donors (Lipinski definition) is 0. The van der Waals surface area contributed by atoms with Crippen LogP contribution in [-0.2, 0) is 5.41 Å². The molecule has 3 aromatic heterocycles. The monoisotopic (exact) mass is 617 g/mol. The molecule has 0 saturated carbocycles. The zero-order chi connectivity index (χ0) is 31.0. The van der Waals surface area contributed by atoms with E-state index in [1.807, 2.05) is 29.7 Å². The predicted molar refractivity (Wildman–Crippen MR) is 194 cm³/mol. The van der Waals surface area contributed by atoms with Gasteiger partial charge in [0.15, 0.2) is 5.82 Å². The minimum absolute atomic E-state index is 0.584. The summed E-state index contributed by atoms with van der Waals surface area (Å²) in [5.41, 5.74) is 10.8. The minimum Gasteiger partial charge on any atom is -0.290 e. The summed E-state index contributed by atoms with van der Waals surface area (Å²) in [5.74, 6) is 0.850. The standard InChI is InChI=1S/C43H27N3S/c1-3-13-29(14-4-1)43(30-15-5-2-6-16-30)34-20-12-22-36-40(34)46(42(45-36)37-21-9-10-26-44-37)38-25-24-28(27-35(38)43)31-18-11-19-33-32-17-7-8-23-39(32)47-41(31)33/h1-27H. The molecule has 9 aromatic rings. The fraction of sp³-hybridized carbons (Fsp3) is 0.0233. The number of rotatable bonds is 4. The van der Waals surface area contributed by atoms with E-state index in [2.05, 4.69) is 150 Å². The Balaban J connectivity index is 1.37. The Bertz CT molecular complexity index is 2580. The van der Waals surface area contributed by atoms with Gasteiger partial charge in [0.2, 0.25) is 0 Å². The molecule has 3 nitrogen and oxygen atoms in total. The van der Waals surface area contributed by atoms with E-state index in [1.54, 1.807) is 0 Å². The van der Waals surface area contributed by atoms with E-state index >= 15 is 0 Å². The van der Waals surface area contributed by atoms with Gasteiger partial charge in [-0.1, -0.05) is 121 Å². The van der Waals surface area contributed by atoms with Gasteiger partial charge in [0, 0.05) is 26.4 Å². The largest absolute Gasteiger partial charge is 0.290 e. The third-order valence-corrected chi connectivity index (χ3v) is 11.0. The van der Waals surface area contributed by atoms with Crippen molar-refractivity contribution in [3.63, 3.8) is 0 Å². The van der Waals surface area contributed by atoms with E-state index in [-0.39, 0.29) is 0 Å². The first-order valence-electron chi connectivity index (χ1n) is 15.9. The minimum atomic E-state index is -0.584. The average molecular weight is 618 g/mol. The molecular formula is C43H27N3S. The second-order valence-electron chi connectivity index (χ2n) is 12.2. The molecule has 220 valence electrons. The smallest absolute Gasteiger partial charge is 0.164 e. The number of fused-ring (bicyclic) bond motifs is 5. The molecule has 0 fully saturated rings. The second-order valence-corrected chi connectivity index (χ2v) is 13.2. The van der Waals surface area contributed by atoms with Gasteiger partial charge in [0.25, 0.3) is 0 Å². The van der Waals surface area contributed by atoms with Gasteiger partial charge in [0.1, 0.15) is 5.69 Å². The van der Waals surface area contributed by atoms with Gasteiger partial charge >= 0.3 is 0 Å². The number of imidazole rings is 1. The fourth-order valence-electron chi connectivity index (χ4n) is 7.81. The summed E-state index contributed by atoms with van der Waals surface area (Å²) >= 11 is 1.88. The lowest BCUT2D eigenvalue weighted by molar-refractivity contribution is 0.725. The zero-order valence-electron chi connectivity index (χ0n) is 25.3. The lowest BCUT2D eigenvalue weighted by Crippen LogP contribution is -2.35. The van der Waals surface area contributed by atoms with Crippen LogP contribution in [0.5, 0.6) is 0 Å². The van der Waals surface area contributed by atoms with Crippen molar-refractivity contribution in [2.45, 2.75) is 5.41 Å². The van der Waals surface area contributed by atoms with Gasteiger partial charge in [-0.05, 0) is 69.8 Å². The molecule has 0 N–H and O–H groups in total. The number of benzene rings is 6. The first-order chi connectivity index (χ1) is 23.3. The highest BCUT2D eigenvalue weighted by Crippen LogP contribution is 2.54. The van der Waals surface area contributed by atoms with Gasteiger partial charge in [-0.25, -0.2) is 4.98 Å². The first kappa shape index (κ1) is 26.4. The van der Waals surface area contributed by atoms with Crippen LogP contribution in [0.25, 0.3) is 59.5 Å². The van der Waals surface area contributed by atoms with Crippen LogP contribution in [0.1, 0.15) is 22.3 Å². The fourth-order valence-corrected chi connectivity index (χ4v) is 9.05. The normalized spacial score (nSPS) is 13.3. The summed E-state index contributed by atoms with van der Waals surface area (Å²) in [6.45, 7) is 0. The molecule has 0 unspecified atom stereocenters. The SMILES string of the molecule is c1ccc(C2(c3ccccc3)c3cc(-c4cccc5c4sc4ccccc45)ccc3-n3c(-c4ccccn4)nc4cccc2c43)cc1. The highest BCUT2D eigenvalue weighted by molar-refractivity contribution is 7.26. The number of nitrogens with zero attached hydrogens (tertiary/aromatic N) is 3. The van der Waals surface area contributed by atoms with Crippen LogP contribution < -0.4 is 0 Å². The van der Waals surface area contributed by atoms with Crippen LogP contribution in [0, 0.1) is 0 Å². The van der Waals surface area contributed by atoms with Crippen molar-refractivity contribution in [3.05, 3.63) is 186 Å². The van der Waals surface area contributed by atoms with Crippen molar-refractivity contribution in [2.24, 2.45) is 0 Å². The van der Waals surface area contributed by atoms with Crippen molar-refractivity contribution < 1.29 is 0 Å². The van der Waals surface area contributed by atoms with Gasteiger partial charge in [-0.2, -0.15) is 0 Å². The molecule has 0 radical (unpaired) electrons. The summed E-state index contributed by atoms with van der Waals surface area (Å²) in [5, 5.41) is 2.61. The van der Waals surface area contributed by atoms with Crippen molar-refractivity contribution >= 4 is 42.5 Å². The predicted octanol–water partition coefficient (Wildman–Crippen LogP) is 10.8. The Labute approximate surface area is 276 Å². The average Bonchev–Trinajstić information content (AvgIpc) is 3.73. The lowest BCUT2D eigenvalue weighted by atomic mass is 9.63. The quantitative estimate of drug-likeness (QED) is 0.197. The third-order valence-electron chi connectivity index (χ3n) is 9.74. The molecule has 10 rings (SSSR count). The van der Waals surface area contributed by atoms with E-state index in [1.165, 1.54) is 53.6 Å². The Morgan fingerprint density at radius 3 is 2.09 bits per heavy atom. The summed E-state index contributed by atoms with van der Waals surface area (Å²) < 4.78 is 4.97. The molecule has 1 aliphatic heterocycles. The maximum Gasteiger partial charge on any atom is 0.164 e. The van der Waals surface area contributed by atoms with Crippen molar-refractivity contribution in [3.8, 4) is 28.3 Å². The van der Waals surface area contributed by atoms with Gasteiger partial charge in [-0.15, -0.1) is 11.3 Å². The van der Waals surface area contributed by atoms with Crippen LogP contribution in [-0.4, -0.2) is 14.5 Å². The Kier molecular flexibility index (Phi) is 5.66. The van der Waals surface area contributed by atoms with Crippen molar-refractivity contribution in [2.75, 3.05) is 0 Å². The summed E-state index contributed by atoms with van der Waals surface area (Å²) in [6.07, 6.45) is 1.85. The van der Waals surface area contributed by atoms with E-state index in [9.17, 15) is 0 Å². The number of aromatic nitrogens is 3. The summed E-state index contributed by atoms with van der Waals surface area (Å²) in [7, 11) is 0. The maximum atomic E-state index is 5.25. The summed E-state index contributed by atoms with van der Waals surface area (Å²) in [6, 6.07) is 57.1. The summed E-state index contributed by atoms with van der Waals surface area (Å²) in [4.78, 5) is 10.0. The van der Waals surface area contributed by atoms with Crippen LogP contribution in [0.15, 0.2) is 164 Å². The molecule has 0 spiro atoms. The Morgan fingerprint density at radius 1 is 0.574 bits per heavy atom. The lowest BCUT2D eigenvalue weighted by Gasteiger charge is -2.41. The molecule has 0 atom stereocenters. The maximum absolute atomic E-state index is 5.25. The molecule has 47 heavy (non-hydrogen) atoms. The molecule has 4 heterocycles. The number of para-hydroxylation sites is 1. The van der Waals surface area contributed by atoms with Crippen LogP contribution in [0.4, 0.5) is 0 Å². The van der Waals surface area contributed by atoms with E-state index in [4.69, 9.17) is 9.97 Å². The van der Waals surface area contributed by atoms with E-state index in [0.717, 1.165) is 28.2 Å². The highest BCUT2D eigenvalue weighted by atomic mass is 32.1. The molecule has 6 aromatic carbocycles. The molecular weight excluding hydrogens is 591 g/mol.